The average Bonchev–Trinajstić information content (AvgIpc) is 2.87. The molecule has 3 heterocycles. The van der Waals surface area contributed by atoms with E-state index in [1.54, 1.807) is 15.9 Å². The van der Waals surface area contributed by atoms with E-state index in [0.717, 1.165) is 24.8 Å². The molecule has 2 saturated heterocycles. The second-order valence-electron chi connectivity index (χ2n) is 9.96. The first-order valence-electron chi connectivity index (χ1n) is 12.5. The number of carbonyl (C=O) groups is 2. The minimum atomic E-state index is -4.43. The number of hydrogen-bond donors (Lipinski definition) is 0. The Kier molecular flexibility index (Phi) is 6.68. The van der Waals surface area contributed by atoms with Gasteiger partial charge >= 0.3 is 6.18 Å². The van der Waals surface area contributed by atoms with Crippen LogP contribution in [0.2, 0.25) is 0 Å². The highest BCUT2D eigenvalue weighted by Gasteiger charge is 2.44. The van der Waals surface area contributed by atoms with Gasteiger partial charge in [0.25, 0.3) is 0 Å². The number of hydrogen-bond acceptors (Lipinski definition) is 4. The highest BCUT2D eigenvalue weighted by molar-refractivity contribution is 5.83. The van der Waals surface area contributed by atoms with Crippen LogP contribution in [0.4, 0.5) is 18.9 Å². The molecule has 6 nitrogen and oxygen atoms in total. The van der Waals surface area contributed by atoms with E-state index in [2.05, 4.69) is 21.9 Å². The van der Waals surface area contributed by atoms with Crippen LogP contribution in [0.15, 0.2) is 48.5 Å². The molecule has 0 N–H and O–H groups in total. The van der Waals surface area contributed by atoms with Crippen LogP contribution in [-0.4, -0.2) is 78.4 Å². The number of alkyl halides is 3. The van der Waals surface area contributed by atoms with Crippen molar-refractivity contribution in [2.75, 3.05) is 50.7 Å². The summed E-state index contributed by atoms with van der Waals surface area (Å²) in [6, 6.07) is 14.0. The monoisotopic (exact) mass is 500 g/mol. The topological polar surface area (TPSA) is 47.1 Å². The molecule has 0 bridgehead atoms. The second kappa shape index (κ2) is 9.76. The van der Waals surface area contributed by atoms with E-state index in [1.165, 1.54) is 18.6 Å². The second-order valence-corrected chi connectivity index (χ2v) is 9.96. The molecule has 2 aromatic carbocycles. The van der Waals surface area contributed by atoms with Crippen LogP contribution < -0.4 is 4.90 Å². The van der Waals surface area contributed by atoms with Gasteiger partial charge in [-0.3, -0.25) is 14.5 Å². The fourth-order valence-corrected chi connectivity index (χ4v) is 5.80. The maximum absolute atomic E-state index is 13.8. The summed E-state index contributed by atoms with van der Waals surface area (Å²) in [7, 11) is 0. The molecule has 192 valence electrons. The van der Waals surface area contributed by atoms with Crippen molar-refractivity contribution in [3.8, 4) is 0 Å². The first-order valence-corrected chi connectivity index (χ1v) is 12.5. The first kappa shape index (κ1) is 24.6. The fraction of sp³-hybridized carbons (Fsp3) is 0.481. The number of benzene rings is 2. The Labute approximate surface area is 209 Å². The number of halogens is 3. The van der Waals surface area contributed by atoms with Crippen molar-refractivity contribution in [2.45, 2.75) is 32.1 Å². The largest absolute Gasteiger partial charge is 0.416 e. The summed E-state index contributed by atoms with van der Waals surface area (Å²) in [4.78, 5) is 33.5. The van der Waals surface area contributed by atoms with E-state index in [-0.39, 0.29) is 24.3 Å². The van der Waals surface area contributed by atoms with Gasteiger partial charge in [0.1, 0.15) is 0 Å². The summed E-state index contributed by atoms with van der Waals surface area (Å²) in [6.07, 6.45) is -4.14. The predicted molar refractivity (Wildman–Crippen MR) is 130 cm³/mol. The third-order valence-electron chi connectivity index (χ3n) is 7.73. The smallest absolute Gasteiger partial charge is 0.365 e. The van der Waals surface area contributed by atoms with E-state index in [0.29, 0.717) is 44.8 Å². The fourth-order valence-electron chi connectivity index (χ4n) is 5.80. The maximum Gasteiger partial charge on any atom is 0.416 e. The molecule has 2 aromatic rings. The minimum Gasteiger partial charge on any atom is -0.365 e. The third-order valence-corrected chi connectivity index (χ3v) is 7.73. The minimum absolute atomic E-state index is 0.0108. The molecule has 0 aromatic heterocycles. The van der Waals surface area contributed by atoms with E-state index in [4.69, 9.17) is 0 Å². The Balaban J connectivity index is 1.41. The van der Waals surface area contributed by atoms with Crippen LogP contribution in [0.25, 0.3) is 0 Å². The molecule has 2 atom stereocenters. The zero-order valence-electron chi connectivity index (χ0n) is 20.4. The Morgan fingerprint density at radius 1 is 0.917 bits per heavy atom. The lowest BCUT2D eigenvalue weighted by molar-refractivity contribution is -0.142. The summed E-state index contributed by atoms with van der Waals surface area (Å²) >= 11 is 0. The SMILES string of the molecule is CC(=O)N1CCN(C(=O)[C@@H]2Cc3cc(C(F)(F)F)ccc3N3CCN(Cc4ccccc4)C[C@H]23)CC1. The highest BCUT2D eigenvalue weighted by Crippen LogP contribution is 2.40. The molecule has 2 fully saturated rings. The molecule has 2 amide bonds. The lowest BCUT2D eigenvalue weighted by Crippen LogP contribution is -2.62. The van der Waals surface area contributed by atoms with Crippen LogP contribution in [0.1, 0.15) is 23.6 Å². The standard InChI is InChI=1S/C27H31F3N4O2/c1-19(35)32-10-12-33(13-11-32)26(36)23-16-21-15-22(27(28,29)30)7-8-24(21)34-14-9-31(18-25(23)34)17-20-5-3-2-4-6-20/h2-8,15,23,25H,9-14,16-18H2,1H3/t23-,25-/m1/s1. The number of nitrogens with zero attached hydrogens (tertiary/aromatic N) is 4. The summed E-state index contributed by atoms with van der Waals surface area (Å²) in [6.45, 7) is 6.24. The quantitative estimate of drug-likeness (QED) is 0.649. The van der Waals surface area contributed by atoms with Gasteiger partial charge in [-0.2, -0.15) is 13.2 Å². The Hall–Kier alpha value is -3.07. The summed E-state index contributed by atoms with van der Waals surface area (Å²) in [5.41, 5.74) is 1.90. The van der Waals surface area contributed by atoms with Gasteiger partial charge < -0.3 is 14.7 Å². The van der Waals surface area contributed by atoms with Crippen LogP contribution in [0.3, 0.4) is 0 Å². The molecule has 0 spiro atoms. The van der Waals surface area contributed by atoms with Crippen LogP contribution in [0.5, 0.6) is 0 Å². The van der Waals surface area contributed by atoms with E-state index in [9.17, 15) is 22.8 Å². The summed E-state index contributed by atoms with van der Waals surface area (Å²) < 4.78 is 40.4. The van der Waals surface area contributed by atoms with Gasteiger partial charge in [0, 0.05) is 65.0 Å². The molecular formula is C27H31F3N4O2. The van der Waals surface area contributed by atoms with Gasteiger partial charge in [0.05, 0.1) is 17.5 Å². The number of anilines is 1. The van der Waals surface area contributed by atoms with Gasteiger partial charge in [0.15, 0.2) is 0 Å². The van der Waals surface area contributed by atoms with Crippen molar-refractivity contribution >= 4 is 17.5 Å². The van der Waals surface area contributed by atoms with Crippen molar-refractivity contribution in [2.24, 2.45) is 5.92 Å². The molecule has 3 aliphatic rings. The molecule has 5 rings (SSSR count). The predicted octanol–water partition coefficient (Wildman–Crippen LogP) is 3.26. The normalized spacial score (nSPS) is 22.7. The first-order chi connectivity index (χ1) is 17.2. The highest BCUT2D eigenvalue weighted by atomic mass is 19.4. The van der Waals surface area contributed by atoms with Crippen molar-refractivity contribution < 1.29 is 22.8 Å². The van der Waals surface area contributed by atoms with E-state index < -0.39 is 17.7 Å². The molecule has 36 heavy (non-hydrogen) atoms. The molecule has 0 aliphatic carbocycles. The van der Waals surface area contributed by atoms with Gasteiger partial charge in [-0.05, 0) is 35.7 Å². The van der Waals surface area contributed by atoms with Crippen molar-refractivity contribution in [3.05, 3.63) is 65.2 Å². The van der Waals surface area contributed by atoms with Crippen molar-refractivity contribution in [1.82, 2.24) is 14.7 Å². The van der Waals surface area contributed by atoms with E-state index >= 15 is 0 Å². The molecular weight excluding hydrogens is 469 g/mol. The Morgan fingerprint density at radius 3 is 2.28 bits per heavy atom. The number of amides is 2. The molecule has 0 unspecified atom stereocenters. The van der Waals surface area contributed by atoms with Crippen LogP contribution >= 0.6 is 0 Å². The lowest BCUT2D eigenvalue weighted by Gasteiger charge is -2.50. The molecule has 9 heteroatoms. The summed E-state index contributed by atoms with van der Waals surface area (Å²) in [5, 5.41) is 0. The zero-order valence-corrected chi connectivity index (χ0v) is 20.4. The van der Waals surface area contributed by atoms with Gasteiger partial charge in [-0.1, -0.05) is 30.3 Å². The zero-order chi connectivity index (χ0) is 25.4. The third kappa shape index (κ3) is 4.93. The Bertz CT molecular complexity index is 1120. The van der Waals surface area contributed by atoms with Gasteiger partial charge in [0.2, 0.25) is 11.8 Å². The molecule has 3 aliphatic heterocycles. The molecule has 0 saturated carbocycles. The number of fused-ring (bicyclic) bond motifs is 3. The van der Waals surface area contributed by atoms with Crippen LogP contribution in [0, 0.1) is 5.92 Å². The summed E-state index contributed by atoms with van der Waals surface area (Å²) in [5.74, 6) is -0.482. The lowest BCUT2D eigenvalue weighted by atomic mass is 9.82. The van der Waals surface area contributed by atoms with Gasteiger partial charge in [-0.15, -0.1) is 0 Å². The van der Waals surface area contributed by atoms with Crippen molar-refractivity contribution in [1.29, 1.82) is 0 Å². The number of carbonyl (C=O) groups excluding carboxylic acids is 2. The molecule has 0 radical (unpaired) electrons. The maximum atomic E-state index is 13.8. The average molecular weight is 501 g/mol. The Morgan fingerprint density at radius 2 is 1.61 bits per heavy atom. The van der Waals surface area contributed by atoms with E-state index in [1.807, 2.05) is 18.2 Å². The van der Waals surface area contributed by atoms with Gasteiger partial charge in [-0.25, -0.2) is 0 Å². The number of piperazine rings is 2. The van der Waals surface area contributed by atoms with Crippen molar-refractivity contribution in [3.63, 3.8) is 0 Å². The number of rotatable bonds is 3. The van der Waals surface area contributed by atoms with Crippen LogP contribution in [-0.2, 0) is 28.7 Å².